The number of likely N-dealkylation sites (N-methyl/N-ethyl adjacent to an activating group) is 1. The standard InChI is InChI=1S/C8H15N3O3/c1-11(6-2-3-6)8(13)4-10-14-5-7(9)12/h6,10H,2-5H2,1H3,(H2,9,12). The summed E-state index contributed by atoms with van der Waals surface area (Å²) in [6.07, 6.45) is 2.15. The number of nitrogens with zero attached hydrogens (tertiary/aromatic N) is 1. The first-order valence-corrected chi connectivity index (χ1v) is 4.50. The number of carbonyl (C=O) groups excluding carboxylic acids is 2. The lowest BCUT2D eigenvalue weighted by Gasteiger charge is -2.15. The molecule has 1 saturated carbocycles. The average Bonchev–Trinajstić information content (AvgIpc) is 2.93. The number of hydroxylamine groups is 1. The smallest absolute Gasteiger partial charge is 0.245 e. The van der Waals surface area contributed by atoms with Crippen molar-refractivity contribution in [1.29, 1.82) is 0 Å². The maximum atomic E-state index is 11.3. The van der Waals surface area contributed by atoms with Gasteiger partial charge in [-0.2, -0.15) is 5.48 Å². The molecule has 0 radical (unpaired) electrons. The summed E-state index contributed by atoms with van der Waals surface area (Å²) in [5.41, 5.74) is 7.22. The predicted octanol–water partition coefficient (Wildman–Crippen LogP) is -1.39. The Morgan fingerprint density at radius 1 is 1.57 bits per heavy atom. The number of carbonyl (C=O) groups is 2. The molecule has 0 saturated heterocycles. The van der Waals surface area contributed by atoms with Crippen LogP contribution in [0.15, 0.2) is 0 Å². The fourth-order valence-electron chi connectivity index (χ4n) is 1.03. The lowest BCUT2D eigenvalue weighted by atomic mass is 10.5. The molecule has 6 nitrogen and oxygen atoms in total. The summed E-state index contributed by atoms with van der Waals surface area (Å²) in [4.78, 5) is 27.9. The van der Waals surface area contributed by atoms with Crippen molar-refractivity contribution in [3.8, 4) is 0 Å². The van der Waals surface area contributed by atoms with E-state index < -0.39 is 5.91 Å². The third-order valence-corrected chi connectivity index (χ3v) is 2.03. The van der Waals surface area contributed by atoms with Gasteiger partial charge >= 0.3 is 0 Å². The van der Waals surface area contributed by atoms with Gasteiger partial charge in [-0.05, 0) is 12.8 Å². The normalized spacial score (nSPS) is 15.2. The molecule has 0 heterocycles. The van der Waals surface area contributed by atoms with Gasteiger partial charge in [-0.15, -0.1) is 0 Å². The first kappa shape index (κ1) is 10.9. The van der Waals surface area contributed by atoms with Gasteiger partial charge in [-0.3, -0.25) is 14.4 Å². The van der Waals surface area contributed by atoms with Gasteiger partial charge in [0.1, 0.15) is 13.2 Å². The monoisotopic (exact) mass is 201 g/mol. The predicted molar refractivity (Wildman–Crippen MR) is 48.9 cm³/mol. The molecular weight excluding hydrogens is 186 g/mol. The molecule has 0 atom stereocenters. The van der Waals surface area contributed by atoms with Crippen LogP contribution in [0.1, 0.15) is 12.8 Å². The van der Waals surface area contributed by atoms with Crippen molar-refractivity contribution in [2.45, 2.75) is 18.9 Å². The van der Waals surface area contributed by atoms with Crippen molar-refractivity contribution >= 4 is 11.8 Å². The van der Waals surface area contributed by atoms with Gasteiger partial charge in [-0.25, -0.2) is 0 Å². The highest BCUT2D eigenvalue weighted by Crippen LogP contribution is 2.24. The molecule has 1 fully saturated rings. The minimum Gasteiger partial charge on any atom is -0.368 e. The van der Waals surface area contributed by atoms with Gasteiger partial charge in [0, 0.05) is 13.1 Å². The van der Waals surface area contributed by atoms with Gasteiger partial charge in [0.2, 0.25) is 11.8 Å². The van der Waals surface area contributed by atoms with Crippen LogP contribution in [0, 0.1) is 0 Å². The first-order valence-electron chi connectivity index (χ1n) is 4.50. The second-order valence-electron chi connectivity index (χ2n) is 3.31. The maximum Gasteiger partial charge on any atom is 0.245 e. The summed E-state index contributed by atoms with van der Waals surface area (Å²) in [5.74, 6) is -0.613. The zero-order chi connectivity index (χ0) is 10.6. The van der Waals surface area contributed by atoms with Crippen LogP contribution in [-0.4, -0.2) is 43.0 Å². The molecular formula is C8H15N3O3. The molecule has 0 unspecified atom stereocenters. The van der Waals surface area contributed by atoms with Crippen LogP contribution in [0.2, 0.25) is 0 Å². The molecule has 1 aliphatic carbocycles. The summed E-state index contributed by atoms with van der Waals surface area (Å²) in [7, 11) is 1.76. The molecule has 80 valence electrons. The van der Waals surface area contributed by atoms with Gasteiger partial charge in [0.05, 0.1) is 0 Å². The van der Waals surface area contributed by atoms with Crippen molar-refractivity contribution in [3.63, 3.8) is 0 Å². The van der Waals surface area contributed by atoms with Crippen LogP contribution in [0.25, 0.3) is 0 Å². The number of amides is 2. The largest absolute Gasteiger partial charge is 0.368 e. The van der Waals surface area contributed by atoms with Crippen molar-refractivity contribution in [2.24, 2.45) is 5.73 Å². The van der Waals surface area contributed by atoms with Gasteiger partial charge in [0.15, 0.2) is 0 Å². The highest BCUT2D eigenvalue weighted by atomic mass is 16.6. The van der Waals surface area contributed by atoms with Crippen molar-refractivity contribution < 1.29 is 14.4 Å². The summed E-state index contributed by atoms with van der Waals surface area (Å²) in [6.45, 7) is -0.152. The number of hydrogen-bond donors (Lipinski definition) is 2. The molecule has 14 heavy (non-hydrogen) atoms. The van der Waals surface area contributed by atoms with Crippen LogP contribution in [0.3, 0.4) is 0 Å². The Balaban J connectivity index is 2.05. The van der Waals surface area contributed by atoms with E-state index in [1.54, 1.807) is 11.9 Å². The molecule has 0 bridgehead atoms. The zero-order valence-corrected chi connectivity index (χ0v) is 8.16. The number of nitrogens with one attached hydrogen (secondary N) is 1. The molecule has 0 spiro atoms. The lowest BCUT2D eigenvalue weighted by Crippen LogP contribution is -2.37. The Hall–Kier alpha value is -1.14. The SMILES string of the molecule is CN(C(=O)CNOCC(N)=O)C1CC1. The van der Waals surface area contributed by atoms with E-state index in [-0.39, 0.29) is 19.1 Å². The Morgan fingerprint density at radius 2 is 2.21 bits per heavy atom. The molecule has 0 aromatic rings. The fraction of sp³-hybridized carbons (Fsp3) is 0.750. The average molecular weight is 201 g/mol. The number of primary amides is 1. The van der Waals surface area contributed by atoms with E-state index in [1.807, 2.05) is 0 Å². The van der Waals surface area contributed by atoms with Crippen LogP contribution in [0.5, 0.6) is 0 Å². The minimum atomic E-state index is -0.569. The number of nitrogens with two attached hydrogens (primary N) is 1. The quantitative estimate of drug-likeness (QED) is 0.409. The second-order valence-corrected chi connectivity index (χ2v) is 3.31. The lowest BCUT2D eigenvalue weighted by molar-refractivity contribution is -0.135. The Bertz CT molecular complexity index is 228. The fourth-order valence-corrected chi connectivity index (χ4v) is 1.03. The molecule has 0 aliphatic heterocycles. The van der Waals surface area contributed by atoms with Crippen molar-refractivity contribution in [2.75, 3.05) is 20.2 Å². The summed E-state index contributed by atoms with van der Waals surface area (Å²) < 4.78 is 0. The summed E-state index contributed by atoms with van der Waals surface area (Å²) in [5, 5.41) is 0. The third kappa shape index (κ3) is 3.71. The molecule has 6 heteroatoms. The van der Waals surface area contributed by atoms with Crippen LogP contribution < -0.4 is 11.2 Å². The highest BCUT2D eigenvalue weighted by molar-refractivity contribution is 5.78. The van der Waals surface area contributed by atoms with Crippen molar-refractivity contribution in [3.05, 3.63) is 0 Å². The van der Waals surface area contributed by atoms with Crippen LogP contribution in [0.4, 0.5) is 0 Å². The Kier molecular flexibility index (Phi) is 3.84. The van der Waals surface area contributed by atoms with E-state index in [0.29, 0.717) is 6.04 Å². The van der Waals surface area contributed by atoms with Gasteiger partial charge in [-0.1, -0.05) is 0 Å². The Labute approximate surface area is 82.3 Å². The van der Waals surface area contributed by atoms with E-state index in [0.717, 1.165) is 12.8 Å². The highest BCUT2D eigenvalue weighted by Gasteiger charge is 2.29. The molecule has 1 rings (SSSR count). The molecule has 0 aromatic carbocycles. The van der Waals surface area contributed by atoms with E-state index in [9.17, 15) is 9.59 Å². The molecule has 0 aromatic heterocycles. The minimum absolute atomic E-state index is 0.0445. The molecule has 3 N–H and O–H groups in total. The molecule has 2 amide bonds. The van der Waals surface area contributed by atoms with E-state index in [4.69, 9.17) is 5.73 Å². The Morgan fingerprint density at radius 3 is 2.71 bits per heavy atom. The summed E-state index contributed by atoms with van der Waals surface area (Å²) >= 11 is 0. The van der Waals surface area contributed by atoms with Crippen LogP contribution >= 0.6 is 0 Å². The maximum absolute atomic E-state index is 11.3. The second kappa shape index (κ2) is 4.92. The van der Waals surface area contributed by atoms with Gasteiger partial charge in [0.25, 0.3) is 0 Å². The molecule has 1 aliphatic rings. The topological polar surface area (TPSA) is 84.7 Å². The zero-order valence-electron chi connectivity index (χ0n) is 8.16. The van der Waals surface area contributed by atoms with Gasteiger partial charge < -0.3 is 10.6 Å². The number of rotatable bonds is 6. The summed E-state index contributed by atoms with van der Waals surface area (Å²) in [6, 6.07) is 0.389. The van der Waals surface area contributed by atoms with E-state index >= 15 is 0 Å². The van der Waals surface area contributed by atoms with Crippen LogP contribution in [-0.2, 0) is 14.4 Å². The number of hydrogen-bond acceptors (Lipinski definition) is 4. The third-order valence-electron chi connectivity index (χ3n) is 2.03. The van der Waals surface area contributed by atoms with E-state index in [1.165, 1.54) is 0 Å². The van der Waals surface area contributed by atoms with Crippen molar-refractivity contribution in [1.82, 2.24) is 10.4 Å². The van der Waals surface area contributed by atoms with E-state index in [2.05, 4.69) is 10.3 Å². The first-order chi connectivity index (χ1) is 6.61.